The number of benzene rings is 1. The van der Waals surface area contributed by atoms with E-state index in [2.05, 4.69) is 26.0 Å². The molecule has 0 amide bonds. The fraction of sp³-hybridized carbons (Fsp3) is 0.429. The van der Waals surface area contributed by atoms with Crippen molar-refractivity contribution < 1.29 is 0 Å². The topological polar surface area (TPSA) is 26.0 Å². The van der Waals surface area contributed by atoms with Gasteiger partial charge >= 0.3 is 0 Å². The Hall–Kier alpha value is -0.950. The van der Waals surface area contributed by atoms with Crippen molar-refractivity contribution in [1.82, 2.24) is 0 Å². The summed E-state index contributed by atoms with van der Waals surface area (Å²) in [5.74, 6) is 0.608. The number of aryl methyl sites for hydroxylation is 2. The third kappa shape index (κ3) is 3.28. The molecule has 1 aromatic carbocycles. The molecule has 0 bridgehead atoms. The van der Waals surface area contributed by atoms with E-state index in [4.69, 9.17) is 17.3 Å². The van der Waals surface area contributed by atoms with E-state index in [0.717, 1.165) is 24.1 Å². The van der Waals surface area contributed by atoms with Crippen LogP contribution in [0.5, 0.6) is 0 Å². The average molecular weight is 238 g/mol. The van der Waals surface area contributed by atoms with Crippen LogP contribution in [0.15, 0.2) is 23.8 Å². The van der Waals surface area contributed by atoms with Crippen LogP contribution >= 0.6 is 11.6 Å². The zero-order valence-electron chi connectivity index (χ0n) is 10.3. The lowest BCUT2D eigenvalue weighted by molar-refractivity contribution is 1.07. The Morgan fingerprint density at radius 3 is 2.56 bits per heavy atom. The lowest BCUT2D eigenvalue weighted by atomic mass is 9.98. The van der Waals surface area contributed by atoms with E-state index in [1.165, 1.54) is 16.7 Å². The third-order valence-corrected chi connectivity index (χ3v) is 3.15. The van der Waals surface area contributed by atoms with Crippen molar-refractivity contribution in [2.75, 3.05) is 11.6 Å². The molecule has 2 heteroatoms. The van der Waals surface area contributed by atoms with Gasteiger partial charge in [0, 0.05) is 11.6 Å². The van der Waals surface area contributed by atoms with Gasteiger partial charge in [0.2, 0.25) is 0 Å². The van der Waals surface area contributed by atoms with Gasteiger partial charge in [-0.1, -0.05) is 24.6 Å². The molecule has 1 rings (SSSR count). The predicted octanol–water partition coefficient (Wildman–Crippen LogP) is 4.00. The van der Waals surface area contributed by atoms with Gasteiger partial charge in [-0.3, -0.25) is 0 Å². The highest BCUT2D eigenvalue weighted by molar-refractivity contribution is 6.19. The van der Waals surface area contributed by atoms with E-state index >= 15 is 0 Å². The molecule has 16 heavy (non-hydrogen) atoms. The fourth-order valence-electron chi connectivity index (χ4n) is 1.80. The van der Waals surface area contributed by atoms with Crippen LogP contribution in [0.25, 0.3) is 0 Å². The molecule has 0 unspecified atom stereocenters. The maximum Gasteiger partial charge on any atom is 0.0436 e. The molecule has 0 saturated carbocycles. The molecule has 1 aromatic rings. The van der Waals surface area contributed by atoms with Crippen molar-refractivity contribution in [3.63, 3.8) is 0 Å². The Bertz CT molecular complexity index is 394. The average Bonchev–Trinajstić information content (AvgIpc) is 2.25. The molecule has 0 heterocycles. The summed E-state index contributed by atoms with van der Waals surface area (Å²) in [6.45, 7) is 6.28. The molecular weight excluding hydrogens is 218 g/mol. The van der Waals surface area contributed by atoms with E-state index in [1.54, 1.807) is 0 Å². The van der Waals surface area contributed by atoms with Crippen molar-refractivity contribution in [2.24, 2.45) is 0 Å². The molecule has 0 aromatic heterocycles. The maximum absolute atomic E-state index is 5.93. The van der Waals surface area contributed by atoms with Gasteiger partial charge < -0.3 is 5.73 Å². The summed E-state index contributed by atoms with van der Waals surface area (Å²) >= 11 is 5.93. The highest BCUT2D eigenvalue weighted by Crippen LogP contribution is 2.21. The molecular formula is C14H20ClN. The molecule has 88 valence electrons. The quantitative estimate of drug-likeness (QED) is 0.478. The molecule has 0 aliphatic heterocycles. The summed E-state index contributed by atoms with van der Waals surface area (Å²) in [4.78, 5) is 0. The summed E-state index contributed by atoms with van der Waals surface area (Å²) in [6, 6.07) is 4.21. The summed E-state index contributed by atoms with van der Waals surface area (Å²) in [7, 11) is 0. The highest BCUT2D eigenvalue weighted by Gasteiger charge is 2.04. The number of nitrogen functional groups attached to an aromatic ring is 1. The first-order valence-electron chi connectivity index (χ1n) is 5.68. The Kier molecular flexibility index (Phi) is 4.88. The molecule has 0 radical (unpaired) electrons. The second-order valence-corrected chi connectivity index (χ2v) is 4.48. The van der Waals surface area contributed by atoms with E-state index in [9.17, 15) is 0 Å². The van der Waals surface area contributed by atoms with E-state index in [1.807, 2.05) is 13.0 Å². The van der Waals surface area contributed by atoms with Crippen LogP contribution in [0, 0.1) is 13.8 Å². The van der Waals surface area contributed by atoms with Gasteiger partial charge in [0.15, 0.2) is 0 Å². The SMILES string of the molecule is CCC=C(CCl)Cc1cc(C)c(N)cc1C. The van der Waals surface area contributed by atoms with Crippen LogP contribution in [-0.4, -0.2) is 5.88 Å². The number of nitrogens with two attached hydrogens (primary N) is 1. The smallest absolute Gasteiger partial charge is 0.0436 e. The van der Waals surface area contributed by atoms with Crippen LogP contribution < -0.4 is 5.73 Å². The van der Waals surface area contributed by atoms with Gasteiger partial charge in [-0.05, 0) is 49.4 Å². The zero-order chi connectivity index (χ0) is 12.1. The Labute approximate surface area is 103 Å². The van der Waals surface area contributed by atoms with Crippen molar-refractivity contribution >= 4 is 17.3 Å². The number of halogens is 1. The van der Waals surface area contributed by atoms with Crippen molar-refractivity contribution in [2.45, 2.75) is 33.6 Å². The van der Waals surface area contributed by atoms with Gasteiger partial charge in [0.05, 0.1) is 0 Å². The summed E-state index contributed by atoms with van der Waals surface area (Å²) in [5, 5.41) is 0. The van der Waals surface area contributed by atoms with Crippen LogP contribution in [0.3, 0.4) is 0 Å². The highest BCUT2D eigenvalue weighted by atomic mass is 35.5. The van der Waals surface area contributed by atoms with Gasteiger partial charge in [0.1, 0.15) is 0 Å². The normalized spacial score (nSPS) is 11.9. The molecule has 0 fully saturated rings. The monoisotopic (exact) mass is 237 g/mol. The minimum Gasteiger partial charge on any atom is -0.399 e. The van der Waals surface area contributed by atoms with Crippen LogP contribution in [0.2, 0.25) is 0 Å². The van der Waals surface area contributed by atoms with E-state index in [0.29, 0.717) is 5.88 Å². The molecule has 0 aliphatic rings. The number of hydrogen-bond acceptors (Lipinski definition) is 1. The summed E-state index contributed by atoms with van der Waals surface area (Å²) in [6.07, 6.45) is 4.18. The van der Waals surface area contributed by atoms with E-state index in [-0.39, 0.29) is 0 Å². The standard InChI is InChI=1S/C14H20ClN/c1-4-5-12(9-15)8-13-6-11(3)14(16)7-10(13)2/h5-7H,4,8-9,16H2,1-3H3. The molecule has 0 saturated heterocycles. The number of rotatable bonds is 4. The van der Waals surface area contributed by atoms with Crippen molar-refractivity contribution in [3.05, 3.63) is 40.5 Å². The molecule has 1 nitrogen and oxygen atoms in total. The van der Waals surface area contributed by atoms with Gasteiger partial charge in [-0.2, -0.15) is 0 Å². The number of alkyl halides is 1. The van der Waals surface area contributed by atoms with Crippen molar-refractivity contribution in [1.29, 1.82) is 0 Å². The molecule has 0 spiro atoms. The third-order valence-electron chi connectivity index (χ3n) is 2.81. The van der Waals surface area contributed by atoms with Crippen molar-refractivity contribution in [3.8, 4) is 0 Å². The maximum atomic E-state index is 5.93. The molecule has 0 aliphatic carbocycles. The minimum absolute atomic E-state index is 0.608. The second kappa shape index (κ2) is 5.95. The number of anilines is 1. The van der Waals surface area contributed by atoms with Gasteiger partial charge in [-0.15, -0.1) is 11.6 Å². The number of hydrogen-bond donors (Lipinski definition) is 1. The van der Waals surface area contributed by atoms with E-state index < -0.39 is 0 Å². The predicted molar refractivity (Wildman–Crippen MR) is 73.1 cm³/mol. The molecule has 2 N–H and O–H groups in total. The number of allylic oxidation sites excluding steroid dienone is 2. The first-order valence-corrected chi connectivity index (χ1v) is 6.21. The minimum atomic E-state index is 0.608. The first-order chi connectivity index (χ1) is 7.58. The van der Waals surface area contributed by atoms with Crippen LogP contribution in [0.4, 0.5) is 5.69 Å². The fourth-order valence-corrected chi connectivity index (χ4v) is 2.00. The Morgan fingerprint density at radius 1 is 1.31 bits per heavy atom. The Balaban J connectivity index is 2.97. The molecule has 0 atom stereocenters. The lowest BCUT2D eigenvalue weighted by Crippen LogP contribution is -1.99. The largest absolute Gasteiger partial charge is 0.399 e. The Morgan fingerprint density at radius 2 is 2.00 bits per heavy atom. The zero-order valence-corrected chi connectivity index (χ0v) is 11.1. The summed E-state index contributed by atoms with van der Waals surface area (Å²) < 4.78 is 0. The summed E-state index contributed by atoms with van der Waals surface area (Å²) in [5.41, 5.74) is 11.7. The second-order valence-electron chi connectivity index (χ2n) is 4.22. The van der Waals surface area contributed by atoms with Crippen LogP contribution in [-0.2, 0) is 6.42 Å². The van der Waals surface area contributed by atoms with Gasteiger partial charge in [0.25, 0.3) is 0 Å². The first kappa shape index (κ1) is 13.1. The van der Waals surface area contributed by atoms with Gasteiger partial charge in [-0.25, -0.2) is 0 Å². The lowest BCUT2D eigenvalue weighted by Gasteiger charge is -2.11. The van der Waals surface area contributed by atoms with Crippen LogP contribution in [0.1, 0.15) is 30.0 Å².